The van der Waals surface area contributed by atoms with Crippen molar-refractivity contribution in [3.05, 3.63) is 93.5 Å². The lowest BCUT2D eigenvalue weighted by molar-refractivity contribution is 0.0628. The van der Waals surface area contributed by atoms with E-state index in [0.29, 0.717) is 41.1 Å². The molecule has 0 aliphatic carbocycles. The summed E-state index contributed by atoms with van der Waals surface area (Å²) in [5.41, 5.74) is 2.86. The van der Waals surface area contributed by atoms with E-state index in [0.717, 1.165) is 30.9 Å². The van der Waals surface area contributed by atoms with Gasteiger partial charge in [-0.05, 0) is 53.6 Å². The highest BCUT2D eigenvalue weighted by atomic mass is 35.5. The summed E-state index contributed by atoms with van der Waals surface area (Å²) in [4.78, 5) is 17.2. The number of hydrogen-bond acceptors (Lipinski definition) is 4. The monoisotopic (exact) mass is 484 g/mol. The van der Waals surface area contributed by atoms with Crippen molar-refractivity contribution in [3.8, 4) is 11.5 Å². The molecule has 3 aromatic rings. The highest BCUT2D eigenvalue weighted by Crippen LogP contribution is 2.28. The molecule has 1 fully saturated rings. The Kier molecular flexibility index (Phi) is 7.76. The van der Waals surface area contributed by atoms with E-state index in [-0.39, 0.29) is 5.91 Å². The van der Waals surface area contributed by atoms with Gasteiger partial charge in [0, 0.05) is 43.3 Å². The Morgan fingerprint density at radius 2 is 1.67 bits per heavy atom. The molecule has 7 heteroatoms. The highest BCUT2D eigenvalue weighted by molar-refractivity contribution is 6.35. The second-order valence-corrected chi connectivity index (χ2v) is 8.82. The van der Waals surface area contributed by atoms with E-state index in [2.05, 4.69) is 17.0 Å². The van der Waals surface area contributed by atoms with E-state index in [1.54, 1.807) is 25.3 Å². The van der Waals surface area contributed by atoms with Crippen LogP contribution in [-0.2, 0) is 13.2 Å². The fourth-order valence-corrected chi connectivity index (χ4v) is 4.28. The van der Waals surface area contributed by atoms with Gasteiger partial charge in [0.1, 0.15) is 18.1 Å². The van der Waals surface area contributed by atoms with E-state index in [1.807, 2.05) is 41.3 Å². The highest BCUT2D eigenvalue weighted by Gasteiger charge is 2.22. The van der Waals surface area contributed by atoms with E-state index >= 15 is 0 Å². The zero-order valence-corrected chi connectivity index (χ0v) is 20.0. The number of piperazine rings is 1. The number of carbonyl (C=O) groups excluding carboxylic acids is 1. The average Bonchev–Trinajstić information content (AvgIpc) is 2.84. The third kappa shape index (κ3) is 6.20. The molecular formula is C26H26Cl2N2O3. The summed E-state index contributed by atoms with van der Waals surface area (Å²) in [5, 5.41) is 1.04. The molecule has 0 N–H and O–H groups in total. The summed E-state index contributed by atoms with van der Waals surface area (Å²) in [7, 11) is 1.68. The molecule has 172 valence electrons. The van der Waals surface area contributed by atoms with Crippen LogP contribution in [-0.4, -0.2) is 49.0 Å². The maximum Gasteiger partial charge on any atom is 0.253 e. The van der Waals surface area contributed by atoms with Gasteiger partial charge in [0.05, 0.1) is 12.1 Å². The molecule has 0 radical (unpaired) electrons. The molecule has 1 heterocycles. The zero-order chi connectivity index (χ0) is 23.2. The smallest absolute Gasteiger partial charge is 0.253 e. The van der Waals surface area contributed by atoms with Gasteiger partial charge in [-0.1, -0.05) is 47.5 Å². The van der Waals surface area contributed by atoms with Crippen molar-refractivity contribution in [2.24, 2.45) is 0 Å². The van der Waals surface area contributed by atoms with Crippen LogP contribution in [0, 0.1) is 0 Å². The summed E-state index contributed by atoms with van der Waals surface area (Å²) >= 11 is 12.1. The molecule has 1 amide bonds. The van der Waals surface area contributed by atoms with Crippen molar-refractivity contribution in [1.82, 2.24) is 9.80 Å². The molecule has 0 saturated carbocycles. The number of hydrogen-bond donors (Lipinski definition) is 0. The first-order valence-corrected chi connectivity index (χ1v) is 11.6. The Balaban J connectivity index is 1.28. The lowest BCUT2D eigenvalue weighted by atomic mass is 10.1. The fourth-order valence-electron chi connectivity index (χ4n) is 3.82. The van der Waals surface area contributed by atoms with Crippen LogP contribution in [0.5, 0.6) is 11.5 Å². The van der Waals surface area contributed by atoms with Crippen molar-refractivity contribution >= 4 is 29.1 Å². The number of rotatable bonds is 7. The van der Waals surface area contributed by atoms with Crippen molar-refractivity contribution in [1.29, 1.82) is 0 Å². The van der Waals surface area contributed by atoms with Crippen LogP contribution in [0.3, 0.4) is 0 Å². The van der Waals surface area contributed by atoms with Gasteiger partial charge >= 0.3 is 0 Å². The lowest BCUT2D eigenvalue weighted by Gasteiger charge is -2.34. The summed E-state index contributed by atoms with van der Waals surface area (Å²) in [6, 6.07) is 20.8. The second kappa shape index (κ2) is 10.9. The molecule has 0 bridgehead atoms. The molecule has 5 nitrogen and oxygen atoms in total. The Bertz CT molecular complexity index is 1100. The van der Waals surface area contributed by atoms with Crippen LogP contribution in [0.15, 0.2) is 66.7 Å². The third-order valence-electron chi connectivity index (χ3n) is 5.69. The fraction of sp³-hybridized carbons (Fsp3) is 0.269. The van der Waals surface area contributed by atoms with Gasteiger partial charge in [-0.2, -0.15) is 0 Å². The first-order chi connectivity index (χ1) is 16.0. The van der Waals surface area contributed by atoms with Crippen LogP contribution in [0.4, 0.5) is 0 Å². The molecule has 0 atom stereocenters. The predicted octanol–water partition coefficient (Wildman–Crippen LogP) is 5.54. The lowest BCUT2D eigenvalue weighted by Crippen LogP contribution is -2.48. The molecule has 4 rings (SSSR count). The first kappa shape index (κ1) is 23.4. The Labute approximate surface area is 204 Å². The van der Waals surface area contributed by atoms with Crippen LogP contribution < -0.4 is 9.47 Å². The van der Waals surface area contributed by atoms with Crippen LogP contribution in [0.1, 0.15) is 21.5 Å². The SMILES string of the molecule is COc1cccc(CN2CCN(C(=O)c3ccc(COc4ccc(Cl)cc4Cl)cc3)CC2)c1. The number of halogens is 2. The molecule has 0 unspecified atom stereocenters. The Morgan fingerprint density at radius 1 is 0.909 bits per heavy atom. The molecule has 33 heavy (non-hydrogen) atoms. The van der Waals surface area contributed by atoms with Crippen molar-refractivity contribution in [2.75, 3.05) is 33.3 Å². The van der Waals surface area contributed by atoms with Gasteiger partial charge in [0.2, 0.25) is 0 Å². The number of benzene rings is 3. The van der Waals surface area contributed by atoms with Gasteiger partial charge < -0.3 is 14.4 Å². The topological polar surface area (TPSA) is 42.0 Å². The predicted molar refractivity (Wildman–Crippen MR) is 131 cm³/mol. The van der Waals surface area contributed by atoms with Crippen LogP contribution in [0.25, 0.3) is 0 Å². The van der Waals surface area contributed by atoms with Crippen molar-refractivity contribution in [3.63, 3.8) is 0 Å². The van der Waals surface area contributed by atoms with Crippen molar-refractivity contribution in [2.45, 2.75) is 13.2 Å². The average molecular weight is 485 g/mol. The molecule has 0 aromatic heterocycles. The number of nitrogens with zero attached hydrogens (tertiary/aromatic N) is 2. The van der Waals surface area contributed by atoms with Gasteiger partial charge in [-0.15, -0.1) is 0 Å². The Morgan fingerprint density at radius 3 is 2.36 bits per heavy atom. The first-order valence-electron chi connectivity index (χ1n) is 10.8. The summed E-state index contributed by atoms with van der Waals surface area (Å²) in [6.45, 7) is 4.32. The zero-order valence-electron chi connectivity index (χ0n) is 18.5. The quantitative estimate of drug-likeness (QED) is 0.441. The second-order valence-electron chi connectivity index (χ2n) is 7.98. The minimum absolute atomic E-state index is 0.0595. The van der Waals surface area contributed by atoms with Crippen LogP contribution in [0.2, 0.25) is 10.0 Å². The van der Waals surface area contributed by atoms with E-state index < -0.39 is 0 Å². The molecule has 1 aliphatic rings. The Hall–Kier alpha value is -2.73. The molecule has 3 aromatic carbocycles. The normalized spacial score (nSPS) is 14.2. The summed E-state index contributed by atoms with van der Waals surface area (Å²) in [6.07, 6.45) is 0. The maximum absolute atomic E-state index is 12.9. The number of methoxy groups -OCH3 is 1. The third-order valence-corrected chi connectivity index (χ3v) is 6.22. The largest absolute Gasteiger partial charge is 0.497 e. The standard InChI is InChI=1S/C26H26Cl2N2O3/c1-32-23-4-2-3-20(15-23)17-29-11-13-30(14-12-29)26(31)21-7-5-19(6-8-21)18-33-25-10-9-22(27)16-24(25)28/h2-10,15-16H,11-14,17-18H2,1H3. The summed E-state index contributed by atoms with van der Waals surface area (Å²) in [5.74, 6) is 1.50. The molecular weight excluding hydrogens is 459 g/mol. The van der Waals surface area contributed by atoms with E-state index in [4.69, 9.17) is 32.7 Å². The van der Waals surface area contributed by atoms with Crippen molar-refractivity contribution < 1.29 is 14.3 Å². The number of amides is 1. The van der Waals surface area contributed by atoms with Gasteiger partial charge in [0.25, 0.3) is 5.91 Å². The van der Waals surface area contributed by atoms with Gasteiger partial charge in [0.15, 0.2) is 0 Å². The van der Waals surface area contributed by atoms with E-state index in [1.165, 1.54) is 5.56 Å². The molecule has 1 aliphatic heterocycles. The number of ether oxygens (including phenoxy) is 2. The number of carbonyl (C=O) groups is 1. The molecule has 1 saturated heterocycles. The minimum atomic E-state index is 0.0595. The molecule has 0 spiro atoms. The minimum Gasteiger partial charge on any atom is -0.497 e. The van der Waals surface area contributed by atoms with Gasteiger partial charge in [-0.3, -0.25) is 9.69 Å². The van der Waals surface area contributed by atoms with Crippen LogP contribution >= 0.6 is 23.2 Å². The maximum atomic E-state index is 12.9. The van der Waals surface area contributed by atoms with Gasteiger partial charge in [-0.25, -0.2) is 0 Å². The van der Waals surface area contributed by atoms with E-state index in [9.17, 15) is 4.79 Å². The summed E-state index contributed by atoms with van der Waals surface area (Å²) < 4.78 is 11.1.